The van der Waals surface area contributed by atoms with Crippen molar-refractivity contribution in [3.05, 3.63) is 81.8 Å². The Morgan fingerprint density at radius 1 is 0.935 bits per heavy atom. The molecule has 0 aromatic heterocycles. The van der Waals surface area contributed by atoms with Gasteiger partial charge in [0.2, 0.25) is 0 Å². The molecule has 31 heavy (non-hydrogen) atoms. The van der Waals surface area contributed by atoms with Crippen molar-refractivity contribution in [1.82, 2.24) is 0 Å². The van der Waals surface area contributed by atoms with E-state index in [4.69, 9.17) is 32.7 Å². The number of benzene rings is 3. The van der Waals surface area contributed by atoms with Gasteiger partial charge in [-0.05, 0) is 61.4 Å². The van der Waals surface area contributed by atoms with Gasteiger partial charge in [-0.25, -0.2) is 0 Å². The zero-order valence-electron chi connectivity index (χ0n) is 17.4. The van der Waals surface area contributed by atoms with Gasteiger partial charge in [0.05, 0.1) is 11.6 Å². The fourth-order valence-electron chi connectivity index (χ4n) is 2.89. The van der Waals surface area contributed by atoms with E-state index in [2.05, 4.69) is 10.6 Å². The van der Waals surface area contributed by atoms with E-state index < -0.39 is 0 Å². The zero-order valence-corrected chi connectivity index (χ0v) is 18.9. The Kier molecular flexibility index (Phi) is 8.04. The van der Waals surface area contributed by atoms with Crippen molar-refractivity contribution in [2.45, 2.75) is 20.4 Å². The summed E-state index contributed by atoms with van der Waals surface area (Å²) in [6, 6.07) is 18.6. The van der Waals surface area contributed by atoms with Crippen molar-refractivity contribution in [2.75, 3.05) is 23.8 Å². The van der Waals surface area contributed by atoms with Gasteiger partial charge < -0.3 is 20.1 Å². The molecular formula is C24H24Cl2N2O3. The number of hydrogen-bond donors (Lipinski definition) is 2. The van der Waals surface area contributed by atoms with E-state index in [0.717, 1.165) is 16.8 Å². The summed E-state index contributed by atoms with van der Waals surface area (Å²) in [7, 11) is 0. The highest BCUT2D eigenvalue weighted by molar-refractivity contribution is 6.32. The minimum absolute atomic E-state index is 0.186. The van der Waals surface area contributed by atoms with Gasteiger partial charge in [0.1, 0.15) is 0 Å². The molecule has 0 saturated carbocycles. The van der Waals surface area contributed by atoms with E-state index >= 15 is 0 Å². The molecule has 0 fully saturated rings. The van der Waals surface area contributed by atoms with E-state index in [1.807, 2.05) is 56.3 Å². The highest BCUT2D eigenvalue weighted by Gasteiger charge is 2.15. The Morgan fingerprint density at radius 3 is 2.42 bits per heavy atom. The number of hydrogen-bond acceptors (Lipinski definition) is 4. The van der Waals surface area contributed by atoms with E-state index in [9.17, 15) is 4.79 Å². The second-order valence-corrected chi connectivity index (χ2v) is 7.67. The van der Waals surface area contributed by atoms with E-state index in [1.165, 1.54) is 0 Å². The summed E-state index contributed by atoms with van der Waals surface area (Å²) in [5, 5.41) is 7.17. The average molecular weight is 459 g/mol. The van der Waals surface area contributed by atoms with Crippen molar-refractivity contribution in [3.8, 4) is 11.5 Å². The first kappa shape index (κ1) is 22.8. The SMILES string of the molecule is CCOc1cc(CNc2ccc(C)c(Cl)c2)cc(Cl)c1OCC(=O)Nc1ccccc1. The van der Waals surface area contributed by atoms with Crippen LogP contribution in [0.15, 0.2) is 60.7 Å². The minimum atomic E-state index is -0.285. The quantitative estimate of drug-likeness (QED) is 0.393. The number of amides is 1. The Bertz CT molecular complexity index is 1040. The second kappa shape index (κ2) is 10.9. The first-order valence-corrected chi connectivity index (χ1v) is 10.6. The van der Waals surface area contributed by atoms with Crippen molar-refractivity contribution in [3.63, 3.8) is 0 Å². The number of anilines is 2. The molecule has 0 heterocycles. The highest BCUT2D eigenvalue weighted by atomic mass is 35.5. The number of rotatable bonds is 9. The van der Waals surface area contributed by atoms with E-state index in [-0.39, 0.29) is 12.5 Å². The van der Waals surface area contributed by atoms with Crippen LogP contribution >= 0.6 is 23.2 Å². The molecule has 3 aromatic carbocycles. The molecule has 162 valence electrons. The summed E-state index contributed by atoms with van der Waals surface area (Å²) >= 11 is 12.6. The minimum Gasteiger partial charge on any atom is -0.490 e. The summed E-state index contributed by atoms with van der Waals surface area (Å²) in [5.41, 5.74) is 3.53. The monoisotopic (exact) mass is 458 g/mol. The van der Waals surface area contributed by atoms with E-state index in [1.54, 1.807) is 18.2 Å². The fraction of sp³-hybridized carbons (Fsp3) is 0.208. The number of nitrogens with one attached hydrogen (secondary N) is 2. The van der Waals surface area contributed by atoms with Crippen molar-refractivity contribution >= 4 is 40.5 Å². The molecule has 3 aromatic rings. The van der Waals surface area contributed by atoms with Gasteiger partial charge in [0.15, 0.2) is 18.1 Å². The van der Waals surface area contributed by atoms with Gasteiger partial charge >= 0.3 is 0 Å². The van der Waals surface area contributed by atoms with Crippen LogP contribution in [0, 0.1) is 6.92 Å². The van der Waals surface area contributed by atoms with Crippen LogP contribution in [-0.4, -0.2) is 19.1 Å². The first-order valence-electron chi connectivity index (χ1n) is 9.89. The van der Waals surface area contributed by atoms with Gasteiger partial charge in [-0.3, -0.25) is 4.79 Å². The summed E-state index contributed by atoms with van der Waals surface area (Å²) in [5.74, 6) is 0.543. The molecule has 0 spiro atoms. The third-order valence-corrected chi connectivity index (χ3v) is 5.13. The van der Waals surface area contributed by atoms with Crippen LogP contribution < -0.4 is 20.1 Å². The van der Waals surface area contributed by atoms with Gasteiger partial charge in [-0.2, -0.15) is 0 Å². The third kappa shape index (κ3) is 6.54. The van der Waals surface area contributed by atoms with E-state index in [0.29, 0.717) is 40.4 Å². The molecule has 0 bridgehead atoms. The Hall–Kier alpha value is -2.89. The van der Waals surface area contributed by atoms with Crippen LogP contribution in [0.5, 0.6) is 11.5 Å². The number of para-hydroxylation sites is 1. The Morgan fingerprint density at radius 2 is 1.71 bits per heavy atom. The molecular weight excluding hydrogens is 435 g/mol. The molecule has 0 saturated heterocycles. The van der Waals surface area contributed by atoms with Crippen LogP contribution in [0.2, 0.25) is 10.0 Å². The molecule has 7 heteroatoms. The maximum Gasteiger partial charge on any atom is 0.262 e. The van der Waals surface area contributed by atoms with Crippen LogP contribution in [0.4, 0.5) is 11.4 Å². The van der Waals surface area contributed by atoms with Crippen LogP contribution in [0.3, 0.4) is 0 Å². The molecule has 0 aliphatic heterocycles. The molecule has 0 atom stereocenters. The lowest BCUT2D eigenvalue weighted by Crippen LogP contribution is -2.20. The van der Waals surface area contributed by atoms with Crippen molar-refractivity contribution < 1.29 is 14.3 Å². The van der Waals surface area contributed by atoms with Crippen LogP contribution in [0.25, 0.3) is 0 Å². The summed E-state index contributed by atoms with van der Waals surface area (Å²) in [4.78, 5) is 12.2. The maximum atomic E-state index is 12.2. The zero-order chi connectivity index (χ0) is 22.2. The molecule has 0 aliphatic rings. The predicted molar refractivity (Wildman–Crippen MR) is 127 cm³/mol. The molecule has 2 N–H and O–H groups in total. The molecule has 0 radical (unpaired) electrons. The summed E-state index contributed by atoms with van der Waals surface area (Å²) in [6.45, 7) is 4.60. The Labute approximate surface area is 192 Å². The molecule has 5 nitrogen and oxygen atoms in total. The number of ether oxygens (including phenoxy) is 2. The number of carbonyl (C=O) groups excluding carboxylic acids is 1. The van der Waals surface area contributed by atoms with Gasteiger partial charge in [0.25, 0.3) is 5.91 Å². The molecule has 1 amide bonds. The van der Waals surface area contributed by atoms with Crippen LogP contribution in [-0.2, 0) is 11.3 Å². The van der Waals surface area contributed by atoms with Crippen molar-refractivity contribution in [2.24, 2.45) is 0 Å². The average Bonchev–Trinajstić information content (AvgIpc) is 2.75. The number of aryl methyl sites for hydroxylation is 1. The summed E-state index contributed by atoms with van der Waals surface area (Å²) in [6.07, 6.45) is 0. The second-order valence-electron chi connectivity index (χ2n) is 6.86. The van der Waals surface area contributed by atoms with Gasteiger partial charge in [-0.15, -0.1) is 0 Å². The molecule has 3 rings (SSSR count). The van der Waals surface area contributed by atoms with Crippen LogP contribution in [0.1, 0.15) is 18.1 Å². The lowest BCUT2D eigenvalue weighted by molar-refractivity contribution is -0.118. The third-order valence-electron chi connectivity index (χ3n) is 4.44. The standard InChI is InChI=1S/C24H24Cl2N2O3/c1-3-30-22-12-17(14-27-19-10-9-16(2)20(25)13-19)11-21(26)24(22)31-15-23(29)28-18-7-5-4-6-8-18/h4-13,27H,3,14-15H2,1-2H3,(H,28,29). The van der Waals surface area contributed by atoms with Gasteiger partial charge in [-0.1, -0.05) is 47.5 Å². The topological polar surface area (TPSA) is 59.6 Å². The molecule has 0 unspecified atom stereocenters. The predicted octanol–water partition coefficient (Wildman–Crippen LogP) is 6.33. The number of carbonyl (C=O) groups is 1. The maximum absolute atomic E-state index is 12.2. The fourth-order valence-corrected chi connectivity index (χ4v) is 3.36. The summed E-state index contributed by atoms with van der Waals surface area (Å²) < 4.78 is 11.4. The lowest BCUT2D eigenvalue weighted by Gasteiger charge is -2.16. The highest BCUT2D eigenvalue weighted by Crippen LogP contribution is 2.37. The number of halogens is 2. The smallest absolute Gasteiger partial charge is 0.262 e. The molecule has 0 aliphatic carbocycles. The van der Waals surface area contributed by atoms with Crippen molar-refractivity contribution in [1.29, 1.82) is 0 Å². The normalized spacial score (nSPS) is 10.5. The first-order chi connectivity index (χ1) is 15.0. The lowest BCUT2D eigenvalue weighted by atomic mass is 10.1. The largest absolute Gasteiger partial charge is 0.490 e. The Balaban J connectivity index is 1.67. The van der Waals surface area contributed by atoms with Gasteiger partial charge in [0, 0.05) is 22.9 Å².